The van der Waals surface area contributed by atoms with Crippen LogP contribution in [-0.4, -0.2) is 49.9 Å². The third-order valence-corrected chi connectivity index (χ3v) is 3.11. The fourth-order valence-corrected chi connectivity index (χ4v) is 2.14. The van der Waals surface area contributed by atoms with Crippen LogP contribution in [0.15, 0.2) is 0 Å². The molecule has 0 aromatic rings. The van der Waals surface area contributed by atoms with Crippen molar-refractivity contribution in [3.63, 3.8) is 0 Å². The van der Waals surface area contributed by atoms with Gasteiger partial charge in [0.2, 0.25) is 11.8 Å². The molecule has 1 rings (SSSR count). The molecule has 3 unspecified atom stereocenters. The van der Waals surface area contributed by atoms with Gasteiger partial charge in [0.1, 0.15) is 6.04 Å². The molecule has 5 heteroatoms. The number of nitrogens with zero attached hydrogens (tertiary/aromatic N) is 1. The van der Waals surface area contributed by atoms with Crippen molar-refractivity contribution in [2.45, 2.75) is 26.3 Å². The molecule has 1 saturated heterocycles. The van der Waals surface area contributed by atoms with Gasteiger partial charge in [-0.05, 0) is 25.8 Å². The first-order chi connectivity index (χ1) is 7.91. The van der Waals surface area contributed by atoms with Gasteiger partial charge < -0.3 is 15.5 Å². The van der Waals surface area contributed by atoms with E-state index >= 15 is 0 Å². The lowest BCUT2D eigenvalue weighted by atomic mass is 9.91. The Hall–Kier alpha value is -1.10. The Bertz CT molecular complexity index is 291. The Kier molecular flexibility index (Phi) is 4.93. The number of piperidine rings is 1. The van der Waals surface area contributed by atoms with Crippen LogP contribution >= 0.6 is 0 Å². The highest BCUT2D eigenvalue weighted by molar-refractivity contribution is 5.88. The van der Waals surface area contributed by atoms with Crippen molar-refractivity contribution < 1.29 is 9.59 Å². The summed E-state index contributed by atoms with van der Waals surface area (Å²) in [4.78, 5) is 25.1. The molecule has 0 saturated carbocycles. The number of carbonyl (C=O) groups is 2. The summed E-state index contributed by atoms with van der Waals surface area (Å²) in [6.07, 6.45) is 0.891. The Morgan fingerprint density at radius 3 is 2.53 bits per heavy atom. The van der Waals surface area contributed by atoms with Gasteiger partial charge in [-0.2, -0.15) is 0 Å². The summed E-state index contributed by atoms with van der Waals surface area (Å²) < 4.78 is 0. The molecule has 3 atom stereocenters. The van der Waals surface area contributed by atoms with Gasteiger partial charge in [0, 0.05) is 20.6 Å². The average Bonchev–Trinajstić information content (AvgIpc) is 2.27. The third kappa shape index (κ3) is 4.00. The normalized spacial score (nSPS) is 26.1. The molecule has 0 spiro atoms. The Balaban J connectivity index is 2.45. The topological polar surface area (TPSA) is 61.4 Å². The van der Waals surface area contributed by atoms with Crippen LogP contribution in [-0.2, 0) is 9.59 Å². The summed E-state index contributed by atoms with van der Waals surface area (Å²) in [5, 5.41) is 6.02. The zero-order valence-corrected chi connectivity index (χ0v) is 11.1. The van der Waals surface area contributed by atoms with E-state index in [9.17, 15) is 9.59 Å². The molecule has 2 N–H and O–H groups in total. The summed E-state index contributed by atoms with van der Waals surface area (Å²) in [7, 11) is 3.38. The molecule has 1 heterocycles. The van der Waals surface area contributed by atoms with E-state index in [2.05, 4.69) is 17.6 Å². The quantitative estimate of drug-likeness (QED) is 0.721. The fraction of sp³-hybridized carbons (Fsp3) is 0.833. The van der Waals surface area contributed by atoms with Crippen molar-refractivity contribution >= 4 is 11.8 Å². The maximum atomic E-state index is 12.0. The second-order valence-electron chi connectivity index (χ2n) is 5.16. The number of carbonyl (C=O) groups excluding carboxylic acids is 2. The summed E-state index contributed by atoms with van der Waals surface area (Å²) in [6.45, 7) is 5.52. The molecule has 0 aliphatic carbocycles. The van der Waals surface area contributed by atoms with Gasteiger partial charge in [-0.3, -0.25) is 9.59 Å². The van der Waals surface area contributed by atoms with Gasteiger partial charge in [-0.1, -0.05) is 6.92 Å². The monoisotopic (exact) mass is 241 g/mol. The van der Waals surface area contributed by atoms with E-state index in [1.807, 2.05) is 0 Å². The molecule has 0 bridgehead atoms. The summed E-state index contributed by atoms with van der Waals surface area (Å²) in [5.74, 6) is 0.400. The summed E-state index contributed by atoms with van der Waals surface area (Å²) >= 11 is 0. The number of hydrogen-bond acceptors (Lipinski definition) is 3. The van der Waals surface area contributed by atoms with E-state index in [1.54, 1.807) is 21.0 Å². The molecule has 0 aromatic heterocycles. The molecule has 17 heavy (non-hydrogen) atoms. The summed E-state index contributed by atoms with van der Waals surface area (Å²) in [6, 6.07) is -0.449. The minimum atomic E-state index is -0.449. The second-order valence-corrected chi connectivity index (χ2v) is 5.16. The van der Waals surface area contributed by atoms with Crippen LogP contribution in [0.4, 0.5) is 0 Å². The van der Waals surface area contributed by atoms with Gasteiger partial charge in [0.05, 0.1) is 5.92 Å². The van der Waals surface area contributed by atoms with Gasteiger partial charge in [-0.25, -0.2) is 0 Å². The van der Waals surface area contributed by atoms with Crippen LogP contribution in [0.1, 0.15) is 20.3 Å². The molecular weight excluding hydrogens is 218 g/mol. The van der Waals surface area contributed by atoms with Gasteiger partial charge >= 0.3 is 0 Å². The first kappa shape index (κ1) is 14.0. The maximum Gasteiger partial charge on any atom is 0.244 e. The van der Waals surface area contributed by atoms with Crippen molar-refractivity contribution in [1.82, 2.24) is 15.5 Å². The van der Waals surface area contributed by atoms with Crippen molar-refractivity contribution in [2.75, 3.05) is 27.2 Å². The summed E-state index contributed by atoms with van der Waals surface area (Å²) in [5.41, 5.74) is 0. The minimum absolute atomic E-state index is 0.0174. The van der Waals surface area contributed by atoms with Crippen LogP contribution in [0.25, 0.3) is 0 Å². The number of likely N-dealkylation sites (N-methyl/N-ethyl adjacent to an activating group) is 1. The number of hydrogen-bond donors (Lipinski definition) is 2. The van der Waals surface area contributed by atoms with Crippen LogP contribution in [0.3, 0.4) is 0 Å². The predicted octanol–water partition coefficient (Wildman–Crippen LogP) is -0.175. The first-order valence-corrected chi connectivity index (χ1v) is 6.14. The van der Waals surface area contributed by atoms with Gasteiger partial charge in [0.25, 0.3) is 0 Å². The molecule has 5 nitrogen and oxygen atoms in total. The highest BCUT2D eigenvalue weighted by Crippen LogP contribution is 2.15. The lowest BCUT2D eigenvalue weighted by molar-refractivity contribution is -0.135. The highest BCUT2D eigenvalue weighted by atomic mass is 16.2. The number of nitrogens with one attached hydrogen (secondary N) is 2. The highest BCUT2D eigenvalue weighted by Gasteiger charge is 2.27. The molecule has 0 aromatic carbocycles. The Labute approximate surface area is 103 Å². The Morgan fingerprint density at radius 2 is 2.00 bits per heavy atom. The molecule has 2 amide bonds. The van der Waals surface area contributed by atoms with Crippen molar-refractivity contribution in [3.05, 3.63) is 0 Å². The first-order valence-electron chi connectivity index (χ1n) is 6.14. The molecule has 1 fully saturated rings. The maximum absolute atomic E-state index is 12.0. The van der Waals surface area contributed by atoms with Crippen LogP contribution in [0.5, 0.6) is 0 Å². The minimum Gasteiger partial charge on any atom is -0.347 e. The van der Waals surface area contributed by atoms with E-state index < -0.39 is 6.04 Å². The molecule has 0 radical (unpaired) electrons. The largest absolute Gasteiger partial charge is 0.347 e. The smallest absolute Gasteiger partial charge is 0.244 e. The average molecular weight is 241 g/mol. The third-order valence-electron chi connectivity index (χ3n) is 3.11. The van der Waals surface area contributed by atoms with E-state index in [4.69, 9.17) is 0 Å². The van der Waals surface area contributed by atoms with Crippen molar-refractivity contribution in [3.8, 4) is 0 Å². The standard InChI is InChI=1S/C12H23N3O2/c1-8-5-10(7-13-6-8)11(16)14-9(2)12(17)15(3)4/h8-10,13H,5-7H2,1-4H3,(H,14,16). The molecular formula is C12H23N3O2. The molecule has 1 aliphatic rings. The predicted molar refractivity (Wildman–Crippen MR) is 66.4 cm³/mol. The Morgan fingerprint density at radius 1 is 1.35 bits per heavy atom. The van der Waals surface area contributed by atoms with Crippen molar-refractivity contribution in [2.24, 2.45) is 11.8 Å². The van der Waals surface area contributed by atoms with Crippen LogP contribution in [0.2, 0.25) is 0 Å². The van der Waals surface area contributed by atoms with E-state index in [1.165, 1.54) is 4.90 Å². The van der Waals surface area contributed by atoms with Gasteiger partial charge in [0.15, 0.2) is 0 Å². The van der Waals surface area contributed by atoms with Crippen LogP contribution < -0.4 is 10.6 Å². The zero-order valence-electron chi connectivity index (χ0n) is 11.1. The number of amides is 2. The number of rotatable bonds is 3. The van der Waals surface area contributed by atoms with E-state index in [0.29, 0.717) is 12.5 Å². The fourth-order valence-electron chi connectivity index (χ4n) is 2.14. The van der Waals surface area contributed by atoms with Crippen LogP contribution in [0, 0.1) is 11.8 Å². The van der Waals surface area contributed by atoms with E-state index in [0.717, 1.165) is 13.0 Å². The molecule has 98 valence electrons. The molecule has 1 aliphatic heterocycles. The van der Waals surface area contributed by atoms with Crippen molar-refractivity contribution in [1.29, 1.82) is 0 Å². The lowest BCUT2D eigenvalue weighted by Gasteiger charge is -2.28. The zero-order chi connectivity index (χ0) is 13.0. The van der Waals surface area contributed by atoms with E-state index in [-0.39, 0.29) is 17.7 Å². The lowest BCUT2D eigenvalue weighted by Crippen LogP contribution is -2.49. The second kappa shape index (κ2) is 6.00. The van der Waals surface area contributed by atoms with Gasteiger partial charge in [-0.15, -0.1) is 0 Å². The SMILES string of the molecule is CC1CNCC(C(=O)NC(C)C(=O)N(C)C)C1.